The van der Waals surface area contributed by atoms with Crippen molar-refractivity contribution in [3.63, 3.8) is 0 Å². The fourth-order valence-corrected chi connectivity index (χ4v) is 3.51. The van der Waals surface area contributed by atoms with Crippen LogP contribution in [0.2, 0.25) is 0 Å². The molecule has 0 aliphatic carbocycles. The molecular formula is C21H24BrN3O4. The molecule has 0 aromatic heterocycles. The number of benzene rings is 2. The summed E-state index contributed by atoms with van der Waals surface area (Å²) in [4.78, 5) is 26.3. The lowest BCUT2D eigenvalue weighted by Crippen LogP contribution is -2.38. The van der Waals surface area contributed by atoms with Gasteiger partial charge in [-0.15, -0.1) is 0 Å². The SMILES string of the molecule is COc1cc2c(cc1OC)CN(C(=O)CCNC(=O)Nc1ccc(Br)cc1)CC2. The highest BCUT2D eigenvalue weighted by Crippen LogP contribution is 2.33. The Kier molecular flexibility index (Phi) is 6.98. The first kappa shape index (κ1) is 21.0. The van der Waals surface area contributed by atoms with Gasteiger partial charge in [-0.1, -0.05) is 15.9 Å². The second-order valence-electron chi connectivity index (χ2n) is 6.68. The quantitative estimate of drug-likeness (QED) is 0.688. The van der Waals surface area contributed by atoms with Gasteiger partial charge in [0.05, 0.1) is 14.2 Å². The first-order chi connectivity index (χ1) is 14.0. The number of anilines is 1. The van der Waals surface area contributed by atoms with Gasteiger partial charge in [-0.3, -0.25) is 4.79 Å². The number of hydrogen-bond donors (Lipinski definition) is 2. The van der Waals surface area contributed by atoms with E-state index in [9.17, 15) is 9.59 Å². The minimum atomic E-state index is -0.332. The molecule has 2 aromatic carbocycles. The Balaban J connectivity index is 1.49. The largest absolute Gasteiger partial charge is 0.493 e. The lowest BCUT2D eigenvalue weighted by atomic mass is 9.98. The summed E-state index contributed by atoms with van der Waals surface area (Å²) in [6, 6.07) is 10.9. The van der Waals surface area contributed by atoms with E-state index in [2.05, 4.69) is 26.6 Å². The van der Waals surface area contributed by atoms with E-state index in [0.29, 0.717) is 30.3 Å². The van der Waals surface area contributed by atoms with Crippen LogP contribution in [0.4, 0.5) is 10.5 Å². The highest BCUT2D eigenvalue weighted by atomic mass is 79.9. The fraction of sp³-hybridized carbons (Fsp3) is 0.333. The molecule has 8 heteroatoms. The summed E-state index contributed by atoms with van der Waals surface area (Å²) in [6.07, 6.45) is 1.01. The summed E-state index contributed by atoms with van der Waals surface area (Å²) in [5.74, 6) is 1.37. The van der Waals surface area contributed by atoms with E-state index in [4.69, 9.17) is 9.47 Å². The number of fused-ring (bicyclic) bond motifs is 1. The normalized spacial score (nSPS) is 12.7. The Morgan fingerprint density at radius 3 is 2.38 bits per heavy atom. The number of nitrogens with zero attached hydrogens (tertiary/aromatic N) is 1. The summed E-state index contributed by atoms with van der Waals surface area (Å²) in [5, 5.41) is 5.46. The molecule has 1 heterocycles. The molecule has 0 saturated heterocycles. The summed E-state index contributed by atoms with van der Waals surface area (Å²) < 4.78 is 11.6. The van der Waals surface area contributed by atoms with Gasteiger partial charge < -0.3 is 25.0 Å². The van der Waals surface area contributed by atoms with Crippen molar-refractivity contribution in [3.05, 3.63) is 52.0 Å². The molecule has 7 nitrogen and oxygen atoms in total. The van der Waals surface area contributed by atoms with Crippen LogP contribution in [0, 0.1) is 0 Å². The Morgan fingerprint density at radius 1 is 1.07 bits per heavy atom. The zero-order valence-electron chi connectivity index (χ0n) is 16.5. The van der Waals surface area contributed by atoms with Crippen molar-refractivity contribution in [2.24, 2.45) is 0 Å². The van der Waals surface area contributed by atoms with Crippen molar-refractivity contribution in [1.29, 1.82) is 0 Å². The first-order valence-electron chi connectivity index (χ1n) is 9.32. The molecule has 0 spiro atoms. The highest BCUT2D eigenvalue weighted by Gasteiger charge is 2.22. The van der Waals surface area contributed by atoms with Crippen LogP contribution in [0.3, 0.4) is 0 Å². The highest BCUT2D eigenvalue weighted by molar-refractivity contribution is 9.10. The number of amides is 3. The lowest BCUT2D eigenvalue weighted by Gasteiger charge is -2.29. The van der Waals surface area contributed by atoms with E-state index >= 15 is 0 Å². The van der Waals surface area contributed by atoms with E-state index in [1.807, 2.05) is 29.2 Å². The van der Waals surface area contributed by atoms with Crippen LogP contribution in [0.5, 0.6) is 11.5 Å². The molecule has 0 saturated carbocycles. The van der Waals surface area contributed by atoms with Crippen LogP contribution >= 0.6 is 15.9 Å². The molecule has 1 aliphatic heterocycles. The second kappa shape index (κ2) is 9.65. The van der Waals surface area contributed by atoms with E-state index in [1.165, 1.54) is 5.56 Å². The van der Waals surface area contributed by atoms with E-state index < -0.39 is 0 Å². The van der Waals surface area contributed by atoms with Gasteiger partial charge in [0.15, 0.2) is 11.5 Å². The maximum absolute atomic E-state index is 12.6. The minimum absolute atomic E-state index is 0.00868. The summed E-state index contributed by atoms with van der Waals surface area (Å²) in [7, 11) is 3.21. The first-order valence-corrected chi connectivity index (χ1v) is 10.1. The molecule has 3 amide bonds. The molecule has 0 unspecified atom stereocenters. The Morgan fingerprint density at radius 2 is 1.72 bits per heavy atom. The van der Waals surface area contributed by atoms with Crippen LogP contribution < -0.4 is 20.1 Å². The van der Waals surface area contributed by atoms with Gasteiger partial charge in [0, 0.05) is 36.2 Å². The third-order valence-corrected chi connectivity index (χ3v) is 5.33. The zero-order valence-corrected chi connectivity index (χ0v) is 18.0. The van der Waals surface area contributed by atoms with E-state index in [1.54, 1.807) is 26.4 Å². The van der Waals surface area contributed by atoms with Gasteiger partial charge in [-0.2, -0.15) is 0 Å². The van der Waals surface area contributed by atoms with Gasteiger partial charge >= 0.3 is 6.03 Å². The number of urea groups is 1. The summed E-state index contributed by atoms with van der Waals surface area (Å²) in [5.41, 5.74) is 2.91. The fourth-order valence-electron chi connectivity index (χ4n) is 3.25. The maximum Gasteiger partial charge on any atom is 0.319 e. The molecular weight excluding hydrogens is 438 g/mol. The topological polar surface area (TPSA) is 79.9 Å². The number of methoxy groups -OCH3 is 2. The number of rotatable bonds is 6. The minimum Gasteiger partial charge on any atom is -0.493 e. The number of ether oxygens (including phenoxy) is 2. The Bertz CT molecular complexity index is 886. The third-order valence-electron chi connectivity index (χ3n) is 4.80. The molecule has 0 bridgehead atoms. The Labute approximate surface area is 178 Å². The number of hydrogen-bond acceptors (Lipinski definition) is 4. The van der Waals surface area contributed by atoms with Gasteiger partial charge in [0.1, 0.15) is 0 Å². The summed E-state index contributed by atoms with van der Waals surface area (Å²) >= 11 is 3.35. The lowest BCUT2D eigenvalue weighted by molar-refractivity contribution is -0.131. The molecule has 1 aliphatic rings. The molecule has 29 heavy (non-hydrogen) atoms. The number of nitrogens with one attached hydrogen (secondary N) is 2. The average molecular weight is 462 g/mol. The van der Waals surface area contributed by atoms with Crippen molar-refractivity contribution >= 4 is 33.6 Å². The molecule has 2 N–H and O–H groups in total. The molecule has 3 rings (SSSR count). The predicted octanol–water partition coefficient (Wildman–Crippen LogP) is 3.56. The van der Waals surface area contributed by atoms with Gasteiger partial charge in [-0.25, -0.2) is 4.79 Å². The smallest absolute Gasteiger partial charge is 0.319 e. The molecule has 0 atom stereocenters. The standard InChI is InChI=1S/C21H24BrN3O4/c1-28-18-11-14-8-10-25(13-15(14)12-19(18)29-2)20(26)7-9-23-21(27)24-17-5-3-16(22)4-6-17/h3-6,11-12H,7-10,13H2,1-2H3,(H2,23,24,27). The zero-order chi connectivity index (χ0) is 20.8. The molecule has 154 valence electrons. The number of carbonyl (C=O) groups excluding carboxylic acids is 2. The Hall–Kier alpha value is -2.74. The average Bonchev–Trinajstić information content (AvgIpc) is 2.73. The van der Waals surface area contributed by atoms with Crippen molar-refractivity contribution in [1.82, 2.24) is 10.2 Å². The van der Waals surface area contributed by atoms with Crippen LogP contribution in [0.15, 0.2) is 40.9 Å². The van der Waals surface area contributed by atoms with Crippen molar-refractivity contribution < 1.29 is 19.1 Å². The van der Waals surface area contributed by atoms with Crippen LogP contribution in [-0.4, -0.2) is 44.1 Å². The van der Waals surface area contributed by atoms with Crippen LogP contribution in [0.25, 0.3) is 0 Å². The molecule has 0 fully saturated rings. The second-order valence-corrected chi connectivity index (χ2v) is 7.59. The van der Waals surface area contributed by atoms with Crippen molar-refractivity contribution in [3.8, 4) is 11.5 Å². The summed E-state index contributed by atoms with van der Waals surface area (Å²) in [6.45, 7) is 1.45. The number of halogens is 1. The van der Waals surface area contributed by atoms with Crippen LogP contribution in [-0.2, 0) is 17.8 Å². The molecule has 0 radical (unpaired) electrons. The van der Waals surface area contributed by atoms with Crippen molar-refractivity contribution in [2.75, 3.05) is 32.6 Å². The number of carbonyl (C=O) groups is 2. The van der Waals surface area contributed by atoms with Gasteiger partial charge in [-0.05, 0) is 53.9 Å². The van der Waals surface area contributed by atoms with Crippen LogP contribution in [0.1, 0.15) is 17.5 Å². The van der Waals surface area contributed by atoms with E-state index in [0.717, 1.165) is 16.5 Å². The maximum atomic E-state index is 12.6. The predicted molar refractivity (Wildman–Crippen MR) is 114 cm³/mol. The van der Waals surface area contributed by atoms with Gasteiger partial charge in [0.25, 0.3) is 0 Å². The van der Waals surface area contributed by atoms with Gasteiger partial charge in [0.2, 0.25) is 5.91 Å². The van der Waals surface area contributed by atoms with Crippen molar-refractivity contribution in [2.45, 2.75) is 19.4 Å². The van der Waals surface area contributed by atoms with E-state index in [-0.39, 0.29) is 24.9 Å². The third kappa shape index (κ3) is 5.41. The monoisotopic (exact) mass is 461 g/mol. The molecule has 2 aromatic rings.